The van der Waals surface area contributed by atoms with E-state index in [1.165, 1.54) is 22.5 Å². The first-order valence-corrected chi connectivity index (χ1v) is 11.7. The fraction of sp³-hybridized carbons (Fsp3) is 0.259. The van der Waals surface area contributed by atoms with Crippen LogP contribution in [0.2, 0.25) is 0 Å². The summed E-state index contributed by atoms with van der Waals surface area (Å²) in [5.74, 6) is 0.569. The van der Waals surface area contributed by atoms with E-state index in [1.54, 1.807) is 19.4 Å². The van der Waals surface area contributed by atoms with Gasteiger partial charge >= 0.3 is 0 Å². The van der Waals surface area contributed by atoms with Crippen molar-refractivity contribution in [1.82, 2.24) is 5.43 Å². The van der Waals surface area contributed by atoms with Gasteiger partial charge in [0.2, 0.25) is 0 Å². The summed E-state index contributed by atoms with van der Waals surface area (Å²) in [5.41, 5.74) is 7.92. The monoisotopic (exact) mass is 456 g/mol. The highest BCUT2D eigenvalue weighted by Crippen LogP contribution is 2.34. The summed E-state index contributed by atoms with van der Waals surface area (Å²) in [7, 11) is 0. The average Bonchev–Trinajstić information content (AvgIpc) is 3.13. The highest BCUT2D eigenvalue weighted by molar-refractivity contribution is 7.18. The molecule has 0 saturated heterocycles. The van der Waals surface area contributed by atoms with Gasteiger partial charge in [0.05, 0.1) is 11.8 Å². The lowest BCUT2D eigenvalue weighted by Crippen LogP contribution is -2.17. The van der Waals surface area contributed by atoms with Crippen LogP contribution in [0, 0.1) is 18.3 Å². The first kappa shape index (κ1) is 24.1. The standard InChI is InChI=1S/C27H28N4OS/c1-17(2)22-10-6-20(7-11-22)15-29-27-24(14-28)19(5)25(33-27)26(32)31-30-16-21-8-12-23(13-9-21)18(3)4/h6-13,15-18H,1-5H3,(H,31,32)/b29-15+,30-16+. The Labute approximate surface area is 199 Å². The van der Waals surface area contributed by atoms with Crippen molar-refractivity contribution in [2.24, 2.45) is 10.1 Å². The number of hydrogen-bond donors (Lipinski definition) is 1. The maximum Gasteiger partial charge on any atom is 0.281 e. The second kappa shape index (κ2) is 10.8. The molecule has 0 aliphatic heterocycles. The summed E-state index contributed by atoms with van der Waals surface area (Å²) in [4.78, 5) is 17.6. The zero-order valence-electron chi connectivity index (χ0n) is 19.6. The second-order valence-corrected chi connectivity index (χ2v) is 9.45. The van der Waals surface area contributed by atoms with Crippen molar-refractivity contribution in [2.45, 2.75) is 46.5 Å². The largest absolute Gasteiger partial charge is 0.281 e. The number of benzene rings is 2. The molecule has 3 rings (SSSR count). The molecule has 0 saturated carbocycles. The molecule has 0 bridgehead atoms. The van der Waals surface area contributed by atoms with E-state index >= 15 is 0 Å². The number of aliphatic imine (C=N–C) groups is 1. The van der Waals surface area contributed by atoms with E-state index in [0.717, 1.165) is 11.1 Å². The number of nitrogens with zero attached hydrogens (tertiary/aromatic N) is 3. The number of amides is 1. The van der Waals surface area contributed by atoms with E-state index in [4.69, 9.17) is 0 Å². The van der Waals surface area contributed by atoms with Crippen LogP contribution in [0.5, 0.6) is 0 Å². The summed E-state index contributed by atoms with van der Waals surface area (Å²) < 4.78 is 0. The number of hydrogen-bond acceptors (Lipinski definition) is 5. The lowest BCUT2D eigenvalue weighted by molar-refractivity contribution is 0.0958. The Bertz CT molecular complexity index is 1210. The molecule has 2 aromatic carbocycles. The van der Waals surface area contributed by atoms with Crippen LogP contribution in [0.15, 0.2) is 58.6 Å². The van der Waals surface area contributed by atoms with Crippen LogP contribution in [0.4, 0.5) is 5.00 Å². The first-order chi connectivity index (χ1) is 15.8. The maximum absolute atomic E-state index is 12.7. The number of thiophene rings is 1. The summed E-state index contributed by atoms with van der Waals surface area (Å²) in [6.07, 6.45) is 3.33. The van der Waals surface area contributed by atoms with Crippen LogP contribution in [0.1, 0.15) is 82.6 Å². The van der Waals surface area contributed by atoms with Gasteiger partial charge in [0.1, 0.15) is 15.9 Å². The minimum Gasteiger partial charge on any atom is -0.266 e. The van der Waals surface area contributed by atoms with E-state index in [2.05, 4.69) is 73.5 Å². The van der Waals surface area contributed by atoms with Crippen LogP contribution in [0.25, 0.3) is 0 Å². The fourth-order valence-electron chi connectivity index (χ4n) is 3.22. The minimum atomic E-state index is -0.355. The highest BCUT2D eigenvalue weighted by atomic mass is 32.1. The number of hydrazone groups is 1. The van der Waals surface area contributed by atoms with E-state index in [-0.39, 0.29) is 5.91 Å². The van der Waals surface area contributed by atoms with E-state index in [1.807, 2.05) is 24.3 Å². The highest BCUT2D eigenvalue weighted by Gasteiger charge is 2.19. The number of nitrogens with one attached hydrogen (secondary N) is 1. The summed E-state index contributed by atoms with van der Waals surface area (Å²) in [6, 6.07) is 18.4. The van der Waals surface area contributed by atoms with E-state index in [9.17, 15) is 10.1 Å². The van der Waals surface area contributed by atoms with Gasteiger partial charge in [0, 0.05) is 6.21 Å². The Morgan fingerprint density at radius 1 is 0.939 bits per heavy atom. The lowest BCUT2D eigenvalue weighted by atomic mass is 10.0. The number of rotatable bonds is 7. The third-order valence-corrected chi connectivity index (χ3v) is 6.56. The number of carbonyl (C=O) groups is 1. The fourth-order valence-corrected chi connectivity index (χ4v) is 4.21. The molecular weight excluding hydrogens is 428 g/mol. The van der Waals surface area contributed by atoms with Crippen molar-refractivity contribution in [3.63, 3.8) is 0 Å². The third-order valence-electron chi connectivity index (χ3n) is 5.36. The number of nitriles is 1. The van der Waals surface area contributed by atoms with Gasteiger partial charge in [-0.2, -0.15) is 10.4 Å². The van der Waals surface area contributed by atoms with Gasteiger partial charge in [-0.05, 0) is 46.6 Å². The van der Waals surface area contributed by atoms with Crippen molar-refractivity contribution in [3.8, 4) is 6.07 Å². The molecule has 1 N–H and O–H groups in total. The summed E-state index contributed by atoms with van der Waals surface area (Å²) in [5, 5.41) is 14.2. The normalized spacial score (nSPS) is 11.6. The summed E-state index contributed by atoms with van der Waals surface area (Å²) in [6.45, 7) is 10.3. The molecule has 1 aromatic heterocycles. The van der Waals surface area contributed by atoms with Crippen molar-refractivity contribution in [3.05, 3.63) is 86.8 Å². The van der Waals surface area contributed by atoms with Gasteiger partial charge in [-0.15, -0.1) is 11.3 Å². The van der Waals surface area contributed by atoms with Crippen LogP contribution in [0.3, 0.4) is 0 Å². The predicted molar refractivity (Wildman–Crippen MR) is 137 cm³/mol. The Morgan fingerprint density at radius 2 is 1.45 bits per heavy atom. The smallest absolute Gasteiger partial charge is 0.266 e. The molecular formula is C27H28N4OS. The average molecular weight is 457 g/mol. The van der Waals surface area contributed by atoms with Crippen LogP contribution in [-0.2, 0) is 0 Å². The molecule has 6 heteroatoms. The van der Waals surface area contributed by atoms with Crippen molar-refractivity contribution in [2.75, 3.05) is 0 Å². The predicted octanol–water partition coefficient (Wildman–Crippen LogP) is 6.69. The molecule has 168 valence electrons. The SMILES string of the molecule is Cc1c(C(=O)N/N=C/c2ccc(C(C)C)cc2)sc(/N=C/c2ccc(C(C)C)cc2)c1C#N. The van der Waals surface area contributed by atoms with Gasteiger partial charge in [-0.1, -0.05) is 76.2 Å². The molecule has 0 spiro atoms. The van der Waals surface area contributed by atoms with Crippen LogP contribution < -0.4 is 5.43 Å². The Kier molecular flexibility index (Phi) is 7.92. The maximum atomic E-state index is 12.7. The van der Waals surface area contributed by atoms with Gasteiger partial charge in [0.25, 0.3) is 5.91 Å². The molecule has 0 radical (unpaired) electrons. The van der Waals surface area contributed by atoms with Crippen LogP contribution in [-0.4, -0.2) is 18.3 Å². The molecule has 0 atom stereocenters. The first-order valence-electron chi connectivity index (χ1n) is 10.9. The molecule has 0 fully saturated rings. The van der Waals surface area contributed by atoms with Crippen molar-refractivity contribution < 1.29 is 4.79 Å². The van der Waals surface area contributed by atoms with Gasteiger partial charge in [-0.25, -0.2) is 10.4 Å². The van der Waals surface area contributed by atoms with Gasteiger partial charge in [0.15, 0.2) is 0 Å². The van der Waals surface area contributed by atoms with E-state index < -0.39 is 0 Å². The molecule has 1 amide bonds. The van der Waals surface area contributed by atoms with Gasteiger partial charge in [-0.3, -0.25) is 4.79 Å². The molecule has 33 heavy (non-hydrogen) atoms. The topological polar surface area (TPSA) is 77.6 Å². The molecule has 3 aromatic rings. The Hall–Kier alpha value is -3.56. The van der Waals surface area contributed by atoms with E-state index in [0.29, 0.717) is 32.8 Å². The molecule has 0 unspecified atom stereocenters. The Morgan fingerprint density at radius 3 is 1.94 bits per heavy atom. The second-order valence-electron chi connectivity index (χ2n) is 8.45. The third kappa shape index (κ3) is 6.03. The molecule has 1 heterocycles. The van der Waals surface area contributed by atoms with Crippen molar-refractivity contribution >= 4 is 34.7 Å². The Balaban J connectivity index is 1.73. The van der Waals surface area contributed by atoms with Gasteiger partial charge < -0.3 is 0 Å². The number of carbonyl (C=O) groups excluding carboxylic acids is 1. The van der Waals surface area contributed by atoms with Crippen LogP contribution >= 0.6 is 11.3 Å². The molecule has 5 nitrogen and oxygen atoms in total. The zero-order valence-corrected chi connectivity index (χ0v) is 20.4. The lowest BCUT2D eigenvalue weighted by Gasteiger charge is -2.04. The quantitative estimate of drug-likeness (QED) is 0.317. The zero-order chi connectivity index (χ0) is 24.0. The summed E-state index contributed by atoms with van der Waals surface area (Å²) >= 11 is 1.19. The minimum absolute atomic E-state index is 0.355. The van der Waals surface area contributed by atoms with Crippen molar-refractivity contribution in [1.29, 1.82) is 5.26 Å². The molecule has 0 aliphatic carbocycles. The molecule has 0 aliphatic rings.